The smallest absolute Gasteiger partial charge is 0.319 e. The molecule has 4 nitrogen and oxygen atoms in total. The Hall–Kier alpha value is -1.46. The van der Waals surface area contributed by atoms with Crippen molar-refractivity contribution in [2.75, 3.05) is 0 Å². The van der Waals surface area contributed by atoms with E-state index in [1.165, 1.54) is 6.20 Å². The topological polar surface area (TPSA) is 44.1 Å². The van der Waals surface area contributed by atoms with Gasteiger partial charge in [-0.1, -0.05) is 18.2 Å². The average molecular weight is 244 g/mol. The number of carbonyl (C=O) groups excluding carboxylic acids is 1. The van der Waals surface area contributed by atoms with Crippen LogP contribution in [-0.2, 0) is 11.2 Å². The first kappa shape index (κ1) is 12.0. The van der Waals surface area contributed by atoms with E-state index >= 15 is 0 Å². The highest BCUT2D eigenvalue weighted by molar-refractivity contribution is 5.73. The molecule has 0 N–H and O–H groups in total. The first-order chi connectivity index (χ1) is 8.11. The number of rotatable bonds is 4. The molecule has 17 heavy (non-hydrogen) atoms. The van der Waals surface area contributed by atoms with E-state index in [2.05, 4.69) is 5.10 Å². The zero-order valence-corrected chi connectivity index (χ0v) is 9.53. The number of halogens is 2. The maximum Gasteiger partial charge on any atom is 0.337 e. The average Bonchev–Trinajstić information content (AvgIpc) is 2.58. The second-order valence-corrected chi connectivity index (χ2v) is 4.13. The minimum absolute atomic E-state index is 0.0979. The molecule has 0 aliphatic heterocycles. The molecule has 0 saturated heterocycles. The lowest BCUT2D eigenvalue weighted by molar-refractivity contribution is -0.153. The van der Waals surface area contributed by atoms with Crippen LogP contribution in [0, 0.1) is 5.92 Å². The van der Waals surface area contributed by atoms with E-state index in [0.29, 0.717) is 12.0 Å². The van der Waals surface area contributed by atoms with E-state index in [1.54, 1.807) is 6.92 Å². The van der Waals surface area contributed by atoms with Gasteiger partial charge in [-0.25, -0.2) is 13.6 Å². The fourth-order valence-electron chi connectivity index (χ4n) is 1.71. The van der Waals surface area contributed by atoms with Crippen molar-refractivity contribution in [2.45, 2.75) is 39.0 Å². The molecular formula is C11H14F2N2O2. The van der Waals surface area contributed by atoms with Crippen LogP contribution in [0.1, 0.15) is 43.9 Å². The molecule has 0 radical (unpaired) electrons. The molecule has 1 aromatic heterocycles. The van der Waals surface area contributed by atoms with Crippen molar-refractivity contribution < 1.29 is 18.4 Å². The van der Waals surface area contributed by atoms with Gasteiger partial charge < -0.3 is 4.84 Å². The molecule has 0 bridgehead atoms. The monoisotopic (exact) mass is 244 g/mol. The van der Waals surface area contributed by atoms with E-state index in [-0.39, 0.29) is 17.6 Å². The molecule has 94 valence electrons. The Morgan fingerprint density at radius 2 is 2.35 bits per heavy atom. The fraction of sp³-hybridized carbons (Fsp3) is 0.636. The summed E-state index contributed by atoms with van der Waals surface area (Å²) in [5, 5.41) is 3.58. The summed E-state index contributed by atoms with van der Waals surface area (Å²) >= 11 is 0. The summed E-state index contributed by atoms with van der Waals surface area (Å²) in [5.74, 6) is -0.485. The first-order valence-electron chi connectivity index (χ1n) is 5.70. The molecule has 1 fully saturated rings. The Labute approximate surface area is 97.5 Å². The van der Waals surface area contributed by atoms with E-state index < -0.39 is 6.43 Å². The van der Waals surface area contributed by atoms with Gasteiger partial charge >= 0.3 is 5.97 Å². The zero-order valence-electron chi connectivity index (χ0n) is 9.53. The summed E-state index contributed by atoms with van der Waals surface area (Å²) in [6.45, 7) is 1.75. The zero-order chi connectivity index (χ0) is 12.4. The van der Waals surface area contributed by atoms with Crippen LogP contribution in [0.15, 0.2) is 6.20 Å². The molecule has 0 aromatic carbocycles. The third-order valence-corrected chi connectivity index (χ3v) is 3.01. The van der Waals surface area contributed by atoms with Gasteiger partial charge in [-0.2, -0.15) is 0 Å². The van der Waals surface area contributed by atoms with Gasteiger partial charge in [0.15, 0.2) is 0 Å². The SMILES string of the molecule is CCc1cn(OC(=O)C2CCC2)nc1C(F)F. The summed E-state index contributed by atoms with van der Waals surface area (Å²) in [6, 6.07) is 0. The van der Waals surface area contributed by atoms with E-state index in [0.717, 1.165) is 24.1 Å². The Kier molecular flexibility index (Phi) is 3.40. The van der Waals surface area contributed by atoms with Gasteiger partial charge in [0.25, 0.3) is 6.43 Å². The molecule has 6 heteroatoms. The predicted octanol–water partition coefficient (Wildman–Crippen LogP) is 2.14. The van der Waals surface area contributed by atoms with Crippen LogP contribution in [-0.4, -0.2) is 15.9 Å². The van der Waals surface area contributed by atoms with Crippen LogP contribution in [0.25, 0.3) is 0 Å². The Bertz CT molecular complexity index is 414. The number of alkyl halides is 2. The normalized spacial score (nSPS) is 16.0. The second-order valence-electron chi connectivity index (χ2n) is 4.13. The van der Waals surface area contributed by atoms with Crippen LogP contribution in [0.4, 0.5) is 8.78 Å². The number of nitrogens with zero attached hydrogens (tertiary/aromatic N) is 2. The molecule has 1 heterocycles. The van der Waals surface area contributed by atoms with E-state index in [9.17, 15) is 13.6 Å². The van der Waals surface area contributed by atoms with Crippen molar-refractivity contribution >= 4 is 5.97 Å². The maximum absolute atomic E-state index is 12.6. The molecule has 1 aliphatic carbocycles. The van der Waals surface area contributed by atoms with E-state index in [4.69, 9.17) is 4.84 Å². The van der Waals surface area contributed by atoms with Crippen molar-refractivity contribution in [1.29, 1.82) is 0 Å². The van der Waals surface area contributed by atoms with Crippen LogP contribution in [0.3, 0.4) is 0 Å². The third kappa shape index (κ3) is 2.45. The first-order valence-corrected chi connectivity index (χ1v) is 5.70. The fourth-order valence-corrected chi connectivity index (χ4v) is 1.71. The van der Waals surface area contributed by atoms with Crippen LogP contribution in [0.2, 0.25) is 0 Å². The van der Waals surface area contributed by atoms with Crippen molar-refractivity contribution in [3.05, 3.63) is 17.5 Å². The third-order valence-electron chi connectivity index (χ3n) is 3.01. The number of aryl methyl sites for hydroxylation is 1. The summed E-state index contributed by atoms with van der Waals surface area (Å²) < 4.78 is 25.2. The van der Waals surface area contributed by atoms with Crippen molar-refractivity contribution in [3.63, 3.8) is 0 Å². The largest absolute Gasteiger partial charge is 0.337 e. The number of aromatic nitrogens is 2. The van der Waals surface area contributed by atoms with E-state index in [1.807, 2.05) is 0 Å². The highest BCUT2D eigenvalue weighted by Crippen LogP contribution is 2.27. The summed E-state index contributed by atoms with van der Waals surface area (Å²) in [7, 11) is 0. The minimum Gasteiger partial charge on any atom is -0.319 e. The maximum atomic E-state index is 12.6. The Morgan fingerprint density at radius 1 is 1.65 bits per heavy atom. The second kappa shape index (κ2) is 4.81. The highest BCUT2D eigenvalue weighted by atomic mass is 19.3. The molecule has 0 unspecified atom stereocenters. The Morgan fingerprint density at radius 3 is 2.76 bits per heavy atom. The van der Waals surface area contributed by atoms with Gasteiger partial charge in [0.1, 0.15) is 5.69 Å². The van der Waals surface area contributed by atoms with Gasteiger partial charge in [0, 0.05) is 5.56 Å². The predicted molar refractivity (Wildman–Crippen MR) is 55.5 cm³/mol. The van der Waals surface area contributed by atoms with Crippen LogP contribution in [0.5, 0.6) is 0 Å². The van der Waals surface area contributed by atoms with Gasteiger partial charge in [0.05, 0.1) is 12.1 Å². The number of hydrogen-bond acceptors (Lipinski definition) is 3. The van der Waals surface area contributed by atoms with Crippen molar-refractivity contribution in [3.8, 4) is 0 Å². The lowest BCUT2D eigenvalue weighted by Gasteiger charge is -2.22. The molecule has 1 aliphatic rings. The standard InChI is InChI=1S/C11H14F2N2O2/c1-2-7-6-15(14-9(7)10(12)13)17-11(16)8-4-3-5-8/h6,8,10H,2-5H2,1H3. The molecule has 0 spiro atoms. The molecule has 2 rings (SSSR count). The van der Waals surface area contributed by atoms with Gasteiger partial charge in [-0.15, -0.1) is 5.10 Å². The summed E-state index contributed by atoms with van der Waals surface area (Å²) in [6.07, 6.45) is 1.76. The number of carbonyl (C=O) groups is 1. The molecule has 1 aromatic rings. The van der Waals surface area contributed by atoms with Gasteiger partial charge in [-0.3, -0.25) is 0 Å². The van der Waals surface area contributed by atoms with Gasteiger partial charge in [-0.05, 0) is 19.3 Å². The summed E-state index contributed by atoms with van der Waals surface area (Å²) in [4.78, 5) is 17.3. The van der Waals surface area contributed by atoms with Crippen molar-refractivity contribution in [2.24, 2.45) is 5.92 Å². The van der Waals surface area contributed by atoms with Gasteiger partial charge in [0.2, 0.25) is 0 Å². The number of hydrogen-bond donors (Lipinski definition) is 0. The van der Waals surface area contributed by atoms with Crippen LogP contribution >= 0.6 is 0 Å². The quantitative estimate of drug-likeness (QED) is 0.815. The minimum atomic E-state index is -2.64. The Balaban J connectivity index is 2.07. The highest BCUT2D eigenvalue weighted by Gasteiger charge is 2.28. The molecular weight excluding hydrogens is 230 g/mol. The lowest BCUT2D eigenvalue weighted by Crippen LogP contribution is -2.31. The van der Waals surface area contributed by atoms with Crippen LogP contribution < -0.4 is 4.84 Å². The molecule has 0 atom stereocenters. The lowest BCUT2D eigenvalue weighted by atomic mass is 9.86. The summed E-state index contributed by atoms with van der Waals surface area (Å²) in [5.41, 5.74) is 0.0929. The van der Waals surface area contributed by atoms with Crippen molar-refractivity contribution in [1.82, 2.24) is 9.94 Å². The molecule has 1 saturated carbocycles. The molecule has 0 amide bonds.